The van der Waals surface area contributed by atoms with Crippen molar-refractivity contribution in [1.29, 1.82) is 0 Å². The summed E-state index contributed by atoms with van der Waals surface area (Å²) in [6, 6.07) is 24.7. The summed E-state index contributed by atoms with van der Waals surface area (Å²) in [5, 5.41) is 5.76. The topological polar surface area (TPSA) is 35.6 Å². The van der Waals surface area contributed by atoms with Crippen molar-refractivity contribution >= 4 is 22.4 Å². The first-order valence-electron chi connectivity index (χ1n) is 10.00. The first-order valence-corrected chi connectivity index (χ1v) is 10.00. The molecule has 1 aliphatic heterocycles. The maximum Gasteiger partial charge on any atom is 0.244 e. The van der Waals surface area contributed by atoms with Gasteiger partial charge in [-0.2, -0.15) is 0 Å². The molecule has 1 amide bonds. The van der Waals surface area contributed by atoms with Crippen LogP contribution in [-0.2, 0) is 11.3 Å². The molecule has 1 heterocycles. The SMILES string of the molecule is C[C@H](Nc1cccc2ccccc12)C(=O)N1CCN(Cc2ccccc2)CC1. The number of rotatable bonds is 5. The molecule has 1 aliphatic rings. The van der Waals surface area contributed by atoms with Crippen LogP contribution in [0.2, 0.25) is 0 Å². The van der Waals surface area contributed by atoms with Crippen molar-refractivity contribution in [2.75, 3.05) is 31.5 Å². The largest absolute Gasteiger partial charge is 0.373 e. The first-order chi connectivity index (χ1) is 13.7. The number of hydrogen-bond acceptors (Lipinski definition) is 3. The summed E-state index contributed by atoms with van der Waals surface area (Å²) in [7, 11) is 0. The van der Waals surface area contributed by atoms with Crippen LogP contribution >= 0.6 is 0 Å². The number of amides is 1. The summed E-state index contributed by atoms with van der Waals surface area (Å²) in [5.41, 5.74) is 2.34. The zero-order valence-corrected chi connectivity index (χ0v) is 16.3. The Morgan fingerprint density at radius 3 is 2.36 bits per heavy atom. The van der Waals surface area contributed by atoms with Crippen molar-refractivity contribution in [1.82, 2.24) is 9.80 Å². The molecule has 1 saturated heterocycles. The first kappa shape index (κ1) is 18.5. The Morgan fingerprint density at radius 1 is 0.893 bits per heavy atom. The summed E-state index contributed by atoms with van der Waals surface area (Å²) in [4.78, 5) is 17.4. The van der Waals surface area contributed by atoms with Gasteiger partial charge in [-0.25, -0.2) is 0 Å². The van der Waals surface area contributed by atoms with Crippen LogP contribution in [0.5, 0.6) is 0 Å². The van der Waals surface area contributed by atoms with E-state index in [0.717, 1.165) is 43.8 Å². The fraction of sp³-hybridized carbons (Fsp3) is 0.292. The van der Waals surface area contributed by atoms with Gasteiger partial charge in [-0.15, -0.1) is 0 Å². The Hall–Kier alpha value is -2.85. The molecule has 1 N–H and O–H groups in total. The minimum atomic E-state index is -0.244. The zero-order valence-electron chi connectivity index (χ0n) is 16.3. The lowest BCUT2D eigenvalue weighted by molar-refractivity contribution is -0.133. The Labute approximate surface area is 166 Å². The van der Waals surface area contributed by atoms with Crippen molar-refractivity contribution in [2.45, 2.75) is 19.5 Å². The molecule has 0 spiro atoms. The molecule has 0 aliphatic carbocycles. The van der Waals surface area contributed by atoms with Gasteiger partial charge in [-0.05, 0) is 23.9 Å². The number of nitrogens with zero attached hydrogens (tertiary/aromatic N) is 2. The highest BCUT2D eigenvalue weighted by Gasteiger charge is 2.25. The second kappa shape index (κ2) is 8.44. The molecule has 144 valence electrons. The molecule has 4 heteroatoms. The third-order valence-electron chi connectivity index (χ3n) is 5.47. The average Bonchev–Trinajstić information content (AvgIpc) is 2.75. The van der Waals surface area contributed by atoms with E-state index in [0.29, 0.717) is 0 Å². The van der Waals surface area contributed by atoms with Crippen LogP contribution in [0, 0.1) is 0 Å². The van der Waals surface area contributed by atoms with E-state index in [1.165, 1.54) is 10.9 Å². The van der Waals surface area contributed by atoms with Gasteiger partial charge in [0, 0.05) is 43.8 Å². The predicted molar refractivity (Wildman–Crippen MR) is 115 cm³/mol. The molecule has 0 bridgehead atoms. The lowest BCUT2D eigenvalue weighted by Gasteiger charge is -2.36. The quantitative estimate of drug-likeness (QED) is 0.735. The van der Waals surface area contributed by atoms with Gasteiger partial charge in [0.15, 0.2) is 0 Å². The number of fused-ring (bicyclic) bond motifs is 1. The van der Waals surface area contributed by atoms with Crippen LogP contribution in [0.1, 0.15) is 12.5 Å². The molecule has 3 aromatic carbocycles. The monoisotopic (exact) mass is 373 g/mol. The van der Waals surface area contributed by atoms with Gasteiger partial charge in [-0.3, -0.25) is 9.69 Å². The maximum absolute atomic E-state index is 12.9. The highest BCUT2D eigenvalue weighted by Crippen LogP contribution is 2.24. The number of nitrogens with one attached hydrogen (secondary N) is 1. The Kier molecular flexibility index (Phi) is 5.58. The highest BCUT2D eigenvalue weighted by molar-refractivity contribution is 5.95. The highest BCUT2D eigenvalue weighted by atomic mass is 16.2. The number of hydrogen-bond donors (Lipinski definition) is 1. The van der Waals surface area contributed by atoms with E-state index < -0.39 is 0 Å². The van der Waals surface area contributed by atoms with E-state index in [1.807, 2.05) is 42.2 Å². The minimum Gasteiger partial charge on any atom is -0.373 e. The van der Waals surface area contributed by atoms with Gasteiger partial charge in [0.05, 0.1) is 0 Å². The number of piperazine rings is 1. The Morgan fingerprint density at radius 2 is 1.57 bits per heavy atom. The minimum absolute atomic E-state index is 0.173. The normalized spacial score (nSPS) is 16.1. The summed E-state index contributed by atoms with van der Waals surface area (Å²) in [6.45, 7) is 6.32. The second-order valence-electron chi connectivity index (χ2n) is 7.48. The van der Waals surface area contributed by atoms with Gasteiger partial charge in [-0.1, -0.05) is 66.7 Å². The van der Waals surface area contributed by atoms with Crippen molar-refractivity contribution in [3.8, 4) is 0 Å². The van der Waals surface area contributed by atoms with Crippen LogP contribution in [-0.4, -0.2) is 47.9 Å². The molecule has 1 atom stereocenters. The lowest BCUT2D eigenvalue weighted by Crippen LogP contribution is -2.51. The molecule has 0 unspecified atom stereocenters. The number of anilines is 1. The second-order valence-corrected chi connectivity index (χ2v) is 7.48. The average molecular weight is 374 g/mol. The number of benzene rings is 3. The molecule has 1 fully saturated rings. The van der Waals surface area contributed by atoms with Crippen molar-refractivity contribution in [3.05, 3.63) is 78.4 Å². The van der Waals surface area contributed by atoms with Gasteiger partial charge < -0.3 is 10.2 Å². The molecule has 28 heavy (non-hydrogen) atoms. The van der Waals surface area contributed by atoms with Crippen molar-refractivity contribution < 1.29 is 4.79 Å². The van der Waals surface area contributed by atoms with Crippen LogP contribution in [0.4, 0.5) is 5.69 Å². The molecular weight excluding hydrogens is 346 g/mol. The van der Waals surface area contributed by atoms with Crippen LogP contribution in [0.25, 0.3) is 10.8 Å². The van der Waals surface area contributed by atoms with E-state index in [4.69, 9.17) is 0 Å². The zero-order chi connectivity index (χ0) is 19.3. The standard InChI is InChI=1S/C24H27N3O/c1-19(25-23-13-7-11-21-10-5-6-12-22(21)23)24(28)27-16-14-26(15-17-27)18-20-8-3-2-4-9-20/h2-13,19,25H,14-18H2,1H3/t19-/m0/s1. The molecule has 4 rings (SSSR count). The number of carbonyl (C=O) groups is 1. The van der Waals surface area contributed by atoms with E-state index >= 15 is 0 Å². The fourth-order valence-corrected chi connectivity index (χ4v) is 3.89. The summed E-state index contributed by atoms with van der Waals surface area (Å²) >= 11 is 0. The van der Waals surface area contributed by atoms with Gasteiger partial charge in [0.2, 0.25) is 5.91 Å². The van der Waals surface area contributed by atoms with Gasteiger partial charge in [0.25, 0.3) is 0 Å². The van der Waals surface area contributed by atoms with E-state index in [2.05, 4.69) is 52.7 Å². The Balaban J connectivity index is 1.34. The predicted octanol–water partition coefficient (Wildman–Crippen LogP) is 3.98. The van der Waals surface area contributed by atoms with E-state index in [1.54, 1.807) is 0 Å². The molecule has 0 saturated carbocycles. The van der Waals surface area contributed by atoms with Crippen LogP contribution < -0.4 is 5.32 Å². The summed E-state index contributed by atoms with van der Waals surface area (Å²) in [5.74, 6) is 0.173. The molecule has 4 nitrogen and oxygen atoms in total. The molecule has 3 aromatic rings. The number of carbonyl (C=O) groups excluding carboxylic acids is 1. The van der Waals surface area contributed by atoms with Crippen molar-refractivity contribution in [3.63, 3.8) is 0 Å². The third kappa shape index (κ3) is 4.18. The van der Waals surface area contributed by atoms with Gasteiger partial charge in [0.1, 0.15) is 6.04 Å². The maximum atomic E-state index is 12.9. The van der Waals surface area contributed by atoms with Crippen molar-refractivity contribution in [2.24, 2.45) is 0 Å². The molecule has 0 radical (unpaired) electrons. The Bertz CT molecular complexity index is 927. The summed E-state index contributed by atoms with van der Waals surface area (Å²) < 4.78 is 0. The van der Waals surface area contributed by atoms with E-state index in [-0.39, 0.29) is 11.9 Å². The molecule has 0 aromatic heterocycles. The third-order valence-corrected chi connectivity index (χ3v) is 5.47. The van der Waals surface area contributed by atoms with Gasteiger partial charge >= 0.3 is 0 Å². The molecular formula is C24H27N3O. The lowest BCUT2D eigenvalue weighted by atomic mass is 10.1. The van der Waals surface area contributed by atoms with Crippen LogP contribution in [0.15, 0.2) is 72.8 Å². The fourth-order valence-electron chi connectivity index (χ4n) is 3.89. The smallest absolute Gasteiger partial charge is 0.244 e. The van der Waals surface area contributed by atoms with E-state index in [9.17, 15) is 4.79 Å². The van der Waals surface area contributed by atoms with Crippen LogP contribution in [0.3, 0.4) is 0 Å². The summed E-state index contributed by atoms with van der Waals surface area (Å²) in [6.07, 6.45) is 0.